The second kappa shape index (κ2) is 4.05. The predicted molar refractivity (Wildman–Crippen MR) is 61.6 cm³/mol. The van der Waals surface area contributed by atoms with Crippen molar-refractivity contribution in [3.63, 3.8) is 0 Å². The van der Waals surface area contributed by atoms with Crippen LogP contribution in [0.1, 0.15) is 50.5 Å². The van der Waals surface area contributed by atoms with Crippen molar-refractivity contribution in [2.75, 3.05) is 0 Å². The lowest BCUT2D eigenvalue weighted by Gasteiger charge is -2.22. The van der Waals surface area contributed by atoms with Crippen LogP contribution < -0.4 is 0 Å². The largest absolute Gasteiger partial charge is 0.331 e. The lowest BCUT2D eigenvalue weighted by molar-refractivity contribution is 0.461. The molecule has 2 rings (SSSR count). The van der Waals surface area contributed by atoms with Gasteiger partial charge in [-0.3, -0.25) is 0 Å². The van der Waals surface area contributed by atoms with Crippen LogP contribution in [0.4, 0.5) is 0 Å². The number of aromatic nitrogens is 2. The number of hydrogen-bond donors (Lipinski definition) is 0. The average Bonchev–Trinajstić information content (AvgIpc) is 2.46. The van der Waals surface area contributed by atoms with Gasteiger partial charge in [-0.2, -0.15) is 0 Å². The Kier molecular flexibility index (Phi) is 2.96. The van der Waals surface area contributed by atoms with E-state index in [1.54, 1.807) is 0 Å². The van der Waals surface area contributed by atoms with E-state index in [2.05, 4.69) is 39.3 Å². The number of nitrogens with zero attached hydrogens (tertiary/aromatic N) is 2. The molecule has 1 unspecified atom stereocenters. The molecule has 78 valence electrons. The van der Waals surface area contributed by atoms with Crippen LogP contribution in [0.3, 0.4) is 0 Å². The normalized spacial score (nSPS) is 20.9. The molecule has 0 saturated carbocycles. The smallest absolute Gasteiger partial charge is 0.127 e. The standard InChI is InChI=1S/C11H17BrN2/c1-3-5-9-13-11(12)10-8(2)6-4-7-14(9)10/h8H,3-7H2,1-2H3. The average molecular weight is 257 g/mol. The molecule has 1 aliphatic heterocycles. The van der Waals surface area contributed by atoms with E-state index in [4.69, 9.17) is 0 Å². The van der Waals surface area contributed by atoms with Crippen molar-refractivity contribution >= 4 is 15.9 Å². The first-order valence-electron chi connectivity index (χ1n) is 5.48. The summed E-state index contributed by atoms with van der Waals surface area (Å²) < 4.78 is 3.50. The second-order valence-electron chi connectivity index (χ2n) is 4.15. The third kappa shape index (κ3) is 1.62. The van der Waals surface area contributed by atoms with Crippen molar-refractivity contribution in [3.05, 3.63) is 16.1 Å². The van der Waals surface area contributed by atoms with Crippen LogP contribution in [0.25, 0.3) is 0 Å². The van der Waals surface area contributed by atoms with E-state index in [-0.39, 0.29) is 0 Å². The zero-order valence-corrected chi connectivity index (χ0v) is 10.5. The van der Waals surface area contributed by atoms with Gasteiger partial charge in [0.15, 0.2) is 0 Å². The lowest BCUT2D eigenvalue weighted by Crippen LogP contribution is -2.15. The van der Waals surface area contributed by atoms with E-state index >= 15 is 0 Å². The SMILES string of the molecule is CCCc1nc(Br)c2n1CCCC2C. The van der Waals surface area contributed by atoms with E-state index in [1.165, 1.54) is 30.8 Å². The van der Waals surface area contributed by atoms with Gasteiger partial charge < -0.3 is 4.57 Å². The molecule has 1 aromatic rings. The van der Waals surface area contributed by atoms with E-state index in [0.717, 1.165) is 17.6 Å². The fourth-order valence-corrected chi connectivity index (χ4v) is 3.12. The van der Waals surface area contributed by atoms with Crippen molar-refractivity contribution in [2.45, 2.75) is 52.0 Å². The van der Waals surface area contributed by atoms with Gasteiger partial charge in [-0.05, 0) is 41.1 Å². The predicted octanol–water partition coefficient (Wildman–Crippen LogP) is 3.50. The monoisotopic (exact) mass is 256 g/mol. The minimum atomic E-state index is 0.663. The first-order valence-corrected chi connectivity index (χ1v) is 6.28. The zero-order valence-electron chi connectivity index (χ0n) is 8.89. The van der Waals surface area contributed by atoms with Crippen LogP contribution in [-0.4, -0.2) is 9.55 Å². The maximum atomic E-state index is 4.61. The van der Waals surface area contributed by atoms with Gasteiger partial charge in [0.05, 0.1) is 5.69 Å². The molecule has 0 aliphatic carbocycles. The lowest BCUT2D eigenvalue weighted by atomic mass is 9.99. The van der Waals surface area contributed by atoms with Gasteiger partial charge in [-0.15, -0.1) is 0 Å². The van der Waals surface area contributed by atoms with Gasteiger partial charge in [0.25, 0.3) is 0 Å². The molecule has 0 spiro atoms. The summed E-state index contributed by atoms with van der Waals surface area (Å²) in [5.74, 6) is 1.93. The number of hydrogen-bond acceptors (Lipinski definition) is 1. The van der Waals surface area contributed by atoms with Crippen LogP contribution in [0.15, 0.2) is 4.60 Å². The highest BCUT2D eigenvalue weighted by molar-refractivity contribution is 9.10. The minimum absolute atomic E-state index is 0.663. The van der Waals surface area contributed by atoms with E-state index in [9.17, 15) is 0 Å². The van der Waals surface area contributed by atoms with Gasteiger partial charge in [0, 0.05) is 13.0 Å². The summed E-state index contributed by atoms with van der Waals surface area (Å²) in [4.78, 5) is 4.61. The Morgan fingerprint density at radius 1 is 1.57 bits per heavy atom. The van der Waals surface area contributed by atoms with E-state index in [1.807, 2.05) is 0 Å². The van der Waals surface area contributed by atoms with Gasteiger partial charge >= 0.3 is 0 Å². The second-order valence-corrected chi connectivity index (χ2v) is 4.90. The highest BCUT2D eigenvalue weighted by atomic mass is 79.9. The Morgan fingerprint density at radius 2 is 2.36 bits per heavy atom. The van der Waals surface area contributed by atoms with Crippen molar-refractivity contribution in [1.82, 2.24) is 9.55 Å². The molecule has 2 nitrogen and oxygen atoms in total. The van der Waals surface area contributed by atoms with Gasteiger partial charge in [0.2, 0.25) is 0 Å². The summed E-state index contributed by atoms with van der Waals surface area (Å²) in [5, 5.41) is 0. The molecule has 2 heterocycles. The third-order valence-corrected chi connectivity index (χ3v) is 3.58. The minimum Gasteiger partial charge on any atom is -0.331 e. The summed E-state index contributed by atoms with van der Waals surface area (Å²) in [6.45, 7) is 5.67. The fraction of sp³-hybridized carbons (Fsp3) is 0.727. The maximum absolute atomic E-state index is 4.61. The summed E-state index contributed by atoms with van der Waals surface area (Å²) in [6.07, 6.45) is 4.88. The third-order valence-electron chi connectivity index (χ3n) is 3.00. The van der Waals surface area contributed by atoms with Crippen molar-refractivity contribution in [3.8, 4) is 0 Å². The molecule has 1 aromatic heterocycles. The maximum Gasteiger partial charge on any atom is 0.127 e. The Morgan fingerprint density at radius 3 is 3.07 bits per heavy atom. The van der Waals surface area contributed by atoms with Crippen molar-refractivity contribution in [2.24, 2.45) is 0 Å². The van der Waals surface area contributed by atoms with Crippen LogP contribution in [0.2, 0.25) is 0 Å². The quantitative estimate of drug-likeness (QED) is 0.792. The number of fused-ring (bicyclic) bond motifs is 1. The molecule has 0 radical (unpaired) electrons. The zero-order chi connectivity index (χ0) is 10.1. The molecule has 1 aliphatic rings. The number of aryl methyl sites for hydroxylation is 1. The van der Waals surface area contributed by atoms with Crippen LogP contribution >= 0.6 is 15.9 Å². The molecule has 3 heteroatoms. The summed E-state index contributed by atoms with van der Waals surface area (Å²) >= 11 is 3.58. The Bertz CT molecular complexity index is 330. The van der Waals surface area contributed by atoms with E-state index < -0.39 is 0 Å². The van der Waals surface area contributed by atoms with Gasteiger partial charge in [-0.1, -0.05) is 13.8 Å². The van der Waals surface area contributed by atoms with Gasteiger partial charge in [-0.25, -0.2) is 4.98 Å². The number of imidazole rings is 1. The molecule has 0 N–H and O–H groups in total. The number of rotatable bonds is 2. The first-order chi connectivity index (χ1) is 6.74. The molecule has 0 amide bonds. The Labute approximate surface area is 93.9 Å². The molecule has 0 saturated heterocycles. The molecular weight excluding hydrogens is 240 g/mol. The molecular formula is C11H17BrN2. The molecule has 0 fully saturated rings. The molecule has 1 atom stereocenters. The van der Waals surface area contributed by atoms with Crippen LogP contribution in [-0.2, 0) is 13.0 Å². The van der Waals surface area contributed by atoms with E-state index in [0.29, 0.717) is 5.92 Å². The van der Waals surface area contributed by atoms with Crippen LogP contribution in [0.5, 0.6) is 0 Å². The fourth-order valence-electron chi connectivity index (χ4n) is 2.31. The van der Waals surface area contributed by atoms with Crippen LogP contribution in [0, 0.1) is 0 Å². The highest BCUT2D eigenvalue weighted by Gasteiger charge is 2.23. The summed E-state index contributed by atoms with van der Waals surface area (Å²) in [7, 11) is 0. The van der Waals surface area contributed by atoms with Crippen molar-refractivity contribution < 1.29 is 0 Å². The topological polar surface area (TPSA) is 17.8 Å². The Hall–Kier alpha value is -0.310. The first kappa shape index (κ1) is 10.2. The van der Waals surface area contributed by atoms with Gasteiger partial charge in [0.1, 0.15) is 10.4 Å². The summed E-state index contributed by atoms with van der Waals surface area (Å²) in [5.41, 5.74) is 1.42. The molecule has 0 aromatic carbocycles. The molecule has 0 bridgehead atoms. The number of halogens is 1. The molecule has 14 heavy (non-hydrogen) atoms. The van der Waals surface area contributed by atoms with Crippen molar-refractivity contribution in [1.29, 1.82) is 0 Å². The Balaban J connectivity index is 2.41. The highest BCUT2D eigenvalue weighted by Crippen LogP contribution is 2.33. The summed E-state index contributed by atoms with van der Waals surface area (Å²) in [6, 6.07) is 0.